The number of aromatic nitrogens is 4. The number of rotatable bonds is 9. The molecule has 34 heavy (non-hydrogen) atoms. The molecule has 1 amide bonds. The van der Waals surface area contributed by atoms with Gasteiger partial charge in [0.15, 0.2) is 29.0 Å². The molecule has 1 atom stereocenters. The Bertz CT molecular complexity index is 1330. The molecule has 0 saturated heterocycles. The lowest BCUT2D eigenvalue weighted by Gasteiger charge is -2.16. The molecule has 3 heterocycles. The second-order valence-corrected chi connectivity index (χ2v) is 7.74. The van der Waals surface area contributed by atoms with Crippen LogP contribution in [-0.2, 0) is 4.79 Å². The number of hydrogen-bond acceptors (Lipinski definition) is 7. The first-order valence-corrected chi connectivity index (χ1v) is 10.8. The number of ether oxygens (including phenoxy) is 2. The largest absolute Gasteiger partial charge is 0.493 e. The predicted octanol–water partition coefficient (Wildman–Crippen LogP) is 4.55. The van der Waals surface area contributed by atoms with Crippen molar-refractivity contribution in [3.05, 3.63) is 59.8 Å². The van der Waals surface area contributed by atoms with E-state index in [4.69, 9.17) is 21.1 Å². The molecule has 0 saturated carbocycles. The summed E-state index contributed by atoms with van der Waals surface area (Å²) in [6, 6.07) is 8.18. The average molecular weight is 491 g/mol. The number of para-hydroxylation sites is 2. The topological polar surface area (TPSA) is 114 Å². The van der Waals surface area contributed by atoms with E-state index >= 15 is 0 Å². The van der Waals surface area contributed by atoms with Crippen LogP contribution in [0.1, 0.15) is 11.2 Å². The van der Waals surface area contributed by atoms with Crippen LogP contribution in [0, 0.1) is 5.82 Å². The summed E-state index contributed by atoms with van der Waals surface area (Å²) in [5.41, 5.74) is 1.21. The Hall–Kier alpha value is -3.92. The van der Waals surface area contributed by atoms with Crippen molar-refractivity contribution in [2.45, 2.75) is 13.0 Å². The molecule has 0 aliphatic rings. The highest BCUT2D eigenvalue weighted by atomic mass is 35.5. The molecule has 3 aromatic heterocycles. The Morgan fingerprint density at radius 3 is 2.85 bits per heavy atom. The zero-order valence-electron chi connectivity index (χ0n) is 18.4. The fourth-order valence-corrected chi connectivity index (χ4v) is 3.42. The highest BCUT2D eigenvalue weighted by Gasteiger charge is 2.18. The number of carbonyl (C=O) groups excluding carboxylic acids is 1. The molecule has 4 rings (SSSR count). The minimum atomic E-state index is -0.761. The van der Waals surface area contributed by atoms with Crippen molar-refractivity contribution in [1.82, 2.24) is 25.3 Å². The van der Waals surface area contributed by atoms with Crippen LogP contribution in [0.2, 0.25) is 5.02 Å². The Morgan fingerprint density at radius 1 is 1.26 bits per heavy atom. The van der Waals surface area contributed by atoms with Crippen LogP contribution >= 0.6 is 11.6 Å². The van der Waals surface area contributed by atoms with E-state index < -0.39 is 11.9 Å². The summed E-state index contributed by atoms with van der Waals surface area (Å²) in [5.74, 6) is 0.325. The summed E-state index contributed by atoms with van der Waals surface area (Å²) in [6.07, 6.45) is 4.24. The average Bonchev–Trinajstić information content (AvgIpc) is 3.26. The maximum absolute atomic E-state index is 14.4. The summed E-state index contributed by atoms with van der Waals surface area (Å²) in [7, 11) is 1.56. The minimum absolute atomic E-state index is 0. The Labute approximate surface area is 204 Å². The molecule has 0 spiro atoms. The van der Waals surface area contributed by atoms with Crippen LogP contribution in [0.4, 0.5) is 10.2 Å². The number of carbonyl (C=O) groups is 1. The van der Waals surface area contributed by atoms with Gasteiger partial charge >= 0.3 is 0 Å². The SMILES string of the molecule is COc1ccccc1OCCNC(=O)[C@H](C)Nc1nc(-c2c[nH]c3ncc(Cl)cc23)ncc1F.[HH].[HH].[HH]. The normalized spacial score (nSPS) is 11.8. The molecule has 11 heteroatoms. The zero-order valence-corrected chi connectivity index (χ0v) is 19.2. The highest BCUT2D eigenvalue weighted by Crippen LogP contribution is 2.28. The van der Waals surface area contributed by atoms with Crippen LogP contribution in [0.25, 0.3) is 22.4 Å². The zero-order chi connectivity index (χ0) is 24.1. The van der Waals surface area contributed by atoms with Crippen molar-refractivity contribution in [2.75, 3.05) is 25.6 Å². The fourth-order valence-electron chi connectivity index (χ4n) is 3.26. The van der Waals surface area contributed by atoms with E-state index in [1.54, 1.807) is 38.4 Å². The lowest BCUT2D eigenvalue weighted by molar-refractivity contribution is -0.121. The van der Waals surface area contributed by atoms with Crippen molar-refractivity contribution in [3.63, 3.8) is 0 Å². The lowest BCUT2D eigenvalue weighted by Crippen LogP contribution is -2.39. The van der Waals surface area contributed by atoms with Crippen molar-refractivity contribution in [2.24, 2.45) is 0 Å². The molecule has 0 aliphatic carbocycles. The molecular weight excluding hydrogens is 463 g/mol. The van der Waals surface area contributed by atoms with E-state index in [0.29, 0.717) is 33.1 Å². The van der Waals surface area contributed by atoms with Gasteiger partial charge in [-0.2, -0.15) is 0 Å². The van der Waals surface area contributed by atoms with E-state index in [9.17, 15) is 9.18 Å². The molecule has 0 aliphatic heterocycles. The molecule has 0 bridgehead atoms. The van der Waals surface area contributed by atoms with Crippen molar-refractivity contribution in [1.29, 1.82) is 0 Å². The maximum atomic E-state index is 14.4. The number of nitrogens with zero attached hydrogens (tertiary/aromatic N) is 3. The molecule has 3 N–H and O–H groups in total. The Balaban J connectivity index is 0.00000228. The van der Waals surface area contributed by atoms with Crippen LogP contribution in [0.5, 0.6) is 11.5 Å². The Morgan fingerprint density at radius 2 is 2.06 bits per heavy atom. The van der Waals surface area contributed by atoms with Gasteiger partial charge in [-0.05, 0) is 25.1 Å². The number of anilines is 1. The quantitative estimate of drug-likeness (QED) is 0.295. The number of hydrogen-bond donors (Lipinski definition) is 3. The minimum Gasteiger partial charge on any atom is -0.493 e. The highest BCUT2D eigenvalue weighted by molar-refractivity contribution is 6.31. The van der Waals surface area contributed by atoms with Gasteiger partial charge in [0.25, 0.3) is 0 Å². The lowest BCUT2D eigenvalue weighted by atomic mass is 10.2. The summed E-state index contributed by atoms with van der Waals surface area (Å²) in [5, 5.41) is 6.69. The van der Waals surface area contributed by atoms with Gasteiger partial charge in [0.05, 0.1) is 24.9 Å². The van der Waals surface area contributed by atoms with Crippen molar-refractivity contribution in [3.8, 4) is 22.9 Å². The summed E-state index contributed by atoms with van der Waals surface area (Å²) in [4.78, 5) is 28.0. The first-order valence-electron chi connectivity index (χ1n) is 10.4. The first-order chi connectivity index (χ1) is 16.5. The predicted molar refractivity (Wildman–Crippen MR) is 133 cm³/mol. The molecule has 0 unspecified atom stereocenters. The van der Waals surface area contributed by atoms with E-state index in [1.807, 2.05) is 12.1 Å². The third-order valence-electron chi connectivity index (χ3n) is 4.96. The van der Waals surface area contributed by atoms with Crippen LogP contribution in [0.3, 0.4) is 0 Å². The van der Waals surface area contributed by atoms with E-state index in [-0.39, 0.29) is 35.0 Å². The van der Waals surface area contributed by atoms with Crippen molar-refractivity contribution >= 4 is 34.4 Å². The number of benzene rings is 1. The fraction of sp³-hybridized carbons (Fsp3) is 0.217. The second-order valence-electron chi connectivity index (χ2n) is 7.30. The standard InChI is InChI=1S/C23H22ClFN6O3.3H2/c1-13(23(32)26-7-8-34-19-6-4-3-5-18(19)33-2)30-22-17(25)12-29-21(31-22)16-11-28-20-15(16)9-14(24)10-27-20;;;/h3-6,9-13H,7-8H2,1-2H3,(H,26,32)(H,27,28)(H,29,30,31);3*1H/t13-;;;/m0.../s1. The van der Waals surface area contributed by atoms with Gasteiger partial charge in [0.1, 0.15) is 18.3 Å². The van der Waals surface area contributed by atoms with Gasteiger partial charge in [0.2, 0.25) is 5.91 Å². The number of pyridine rings is 1. The van der Waals surface area contributed by atoms with E-state index in [2.05, 4.69) is 30.6 Å². The van der Waals surface area contributed by atoms with E-state index in [0.717, 1.165) is 6.20 Å². The van der Waals surface area contributed by atoms with Gasteiger partial charge in [-0.25, -0.2) is 19.3 Å². The van der Waals surface area contributed by atoms with Gasteiger partial charge in [0, 0.05) is 27.6 Å². The Kier molecular flexibility index (Phi) is 7.07. The summed E-state index contributed by atoms with van der Waals surface area (Å²) in [6.45, 7) is 2.10. The first kappa shape index (κ1) is 23.2. The number of halogens is 2. The number of fused-ring (bicyclic) bond motifs is 1. The van der Waals surface area contributed by atoms with Gasteiger partial charge in [-0.3, -0.25) is 4.79 Å². The number of amides is 1. The maximum Gasteiger partial charge on any atom is 0.242 e. The summed E-state index contributed by atoms with van der Waals surface area (Å²) < 4.78 is 25.2. The number of aromatic amines is 1. The third kappa shape index (κ3) is 5.18. The molecule has 1 aromatic carbocycles. The molecule has 9 nitrogen and oxygen atoms in total. The number of H-pyrrole nitrogens is 1. The van der Waals surface area contributed by atoms with Gasteiger partial charge < -0.3 is 25.1 Å². The number of methoxy groups -OCH3 is 1. The van der Waals surface area contributed by atoms with E-state index in [1.165, 1.54) is 6.20 Å². The molecule has 0 fully saturated rings. The monoisotopic (exact) mass is 490 g/mol. The molecular formula is C23H28ClFN6O3. The van der Waals surface area contributed by atoms with Crippen molar-refractivity contribution < 1.29 is 22.9 Å². The second kappa shape index (κ2) is 10.3. The summed E-state index contributed by atoms with van der Waals surface area (Å²) >= 11 is 6.05. The molecule has 182 valence electrons. The van der Waals surface area contributed by atoms with Crippen LogP contribution in [-0.4, -0.2) is 52.1 Å². The van der Waals surface area contributed by atoms with Gasteiger partial charge in [-0.1, -0.05) is 23.7 Å². The smallest absolute Gasteiger partial charge is 0.242 e. The molecule has 4 aromatic rings. The number of nitrogens with one attached hydrogen (secondary N) is 3. The third-order valence-corrected chi connectivity index (χ3v) is 5.16. The molecule has 0 radical (unpaired) electrons. The van der Waals surface area contributed by atoms with Gasteiger partial charge in [-0.15, -0.1) is 0 Å². The van der Waals surface area contributed by atoms with Crippen LogP contribution in [0.15, 0.2) is 48.9 Å². The van der Waals surface area contributed by atoms with Crippen LogP contribution < -0.4 is 20.1 Å².